The zero-order chi connectivity index (χ0) is 17.7. The molecule has 136 valence electrons. The number of allylic oxidation sites excluding steroid dienone is 4. The molecule has 1 heterocycles. The van der Waals surface area contributed by atoms with Gasteiger partial charge in [-0.25, -0.2) is 4.79 Å². The Morgan fingerprint density at radius 3 is 2.85 bits per heavy atom. The molecule has 0 saturated heterocycles. The Bertz CT molecular complexity index is 810. The van der Waals surface area contributed by atoms with Gasteiger partial charge in [0.05, 0.1) is 0 Å². The van der Waals surface area contributed by atoms with Crippen molar-refractivity contribution in [2.24, 2.45) is 40.9 Å². The molecule has 1 spiro atoms. The third kappa shape index (κ3) is 1.76. The molecule has 0 amide bonds. The minimum atomic E-state index is -0.335. The molecule has 3 nitrogen and oxygen atoms in total. The van der Waals surface area contributed by atoms with Gasteiger partial charge in [0.25, 0.3) is 0 Å². The van der Waals surface area contributed by atoms with Gasteiger partial charge in [-0.1, -0.05) is 34.7 Å². The second-order valence-corrected chi connectivity index (χ2v) is 10.0. The van der Waals surface area contributed by atoms with E-state index in [0.717, 1.165) is 17.3 Å². The fourth-order valence-corrected chi connectivity index (χ4v) is 9.10. The highest BCUT2D eigenvalue weighted by atomic mass is 127. The molecule has 4 heteroatoms. The topological polar surface area (TPSA) is 43.4 Å². The quantitative estimate of drug-likeness (QED) is 0.336. The maximum atomic E-state index is 12.0. The number of ketones is 1. The van der Waals surface area contributed by atoms with Gasteiger partial charge < -0.3 is 4.74 Å². The number of alkyl halides is 1. The summed E-state index contributed by atoms with van der Waals surface area (Å²) in [6, 6.07) is 0. The van der Waals surface area contributed by atoms with E-state index in [0.29, 0.717) is 47.7 Å². The van der Waals surface area contributed by atoms with E-state index in [2.05, 4.69) is 40.8 Å². The standard InChI is InChI=1S/C22H23IO3/c23-11-21-7-5-15-14-4-2-13(24)9-12(14)1-3-16(15)20(21)17-10-18(17)22(21)8-6-19(25)26-22/h1,3,6,8-9,14-18,20H,2,4-5,7,10-11H2. The molecule has 0 aromatic rings. The van der Waals surface area contributed by atoms with Crippen LogP contribution in [0.5, 0.6) is 0 Å². The average molecular weight is 462 g/mol. The summed E-state index contributed by atoms with van der Waals surface area (Å²) < 4.78 is 7.15. The van der Waals surface area contributed by atoms with Crippen LogP contribution < -0.4 is 0 Å². The van der Waals surface area contributed by atoms with Gasteiger partial charge >= 0.3 is 5.97 Å². The van der Waals surface area contributed by atoms with Crippen molar-refractivity contribution in [2.45, 2.75) is 37.7 Å². The predicted molar refractivity (Wildman–Crippen MR) is 106 cm³/mol. The molecule has 0 aromatic carbocycles. The van der Waals surface area contributed by atoms with Crippen molar-refractivity contribution in [2.75, 3.05) is 4.43 Å². The van der Waals surface area contributed by atoms with Crippen LogP contribution in [0.1, 0.15) is 32.1 Å². The van der Waals surface area contributed by atoms with E-state index in [1.165, 1.54) is 18.4 Å². The normalized spacial score (nSPS) is 52.9. The number of halogens is 1. The fourth-order valence-electron chi connectivity index (χ4n) is 7.61. The molecule has 6 aliphatic rings. The van der Waals surface area contributed by atoms with E-state index in [9.17, 15) is 9.59 Å². The molecule has 3 fully saturated rings. The maximum Gasteiger partial charge on any atom is 0.331 e. The number of esters is 1. The smallest absolute Gasteiger partial charge is 0.331 e. The van der Waals surface area contributed by atoms with Gasteiger partial charge in [-0.15, -0.1) is 0 Å². The number of carbonyl (C=O) groups excluding carboxylic acids is 2. The highest BCUT2D eigenvalue weighted by Crippen LogP contribution is 2.77. The van der Waals surface area contributed by atoms with Gasteiger partial charge in [0.2, 0.25) is 0 Å². The van der Waals surface area contributed by atoms with Crippen LogP contribution in [-0.2, 0) is 14.3 Å². The van der Waals surface area contributed by atoms with E-state index in [1.807, 2.05) is 6.08 Å². The Hall–Kier alpha value is -0.910. The zero-order valence-corrected chi connectivity index (χ0v) is 16.9. The van der Waals surface area contributed by atoms with Crippen LogP contribution in [0, 0.1) is 40.9 Å². The molecule has 8 unspecified atom stereocenters. The van der Waals surface area contributed by atoms with Crippen LogP contribution in [0.3, 0.4) is 0 Å². The number of hydrogen-bond donors (Lipinski definition) is 0. The molecule has 5 aliphatic carbocycles. The van der Waals surface area contributed by atoms with Crippen LogP contribution >= 0.6 is 22.6 Å². The molecule has 3 saturated carbocycles. The Morgan fingerprint density at radius 1 is 1.19 bits per heavy atom. The van der Waals surface area contributed by atoms with Crippen LogP contribution in [-0.4, -0.2) is 21.8 Å². The van der Waals surface area contributed by atoms with E-state index < -0.39 is 0 Å². The third-order valence-electron chi connectivity index (χ3n) is 8.56. The van der Waals surface area contributed by atoms with Crippen molar-refractivity contribution in [3.63, 3.8) is 0 Å². The van der Waals surface area contributed by atoms with E-state index in [1.54, 1.807) is 6.08 Å². The summed E-state index contributed by atoms with van der Waals surface area (Å²) in [4.78, 5) is 23.9. The first-order chi connectivity index (χ1) is 12.6. The summed E-state index contributed by atoms with van der Waals surface area (Å²) in [5, 5.41) is 0. The first-order valence-corrected chi connectivity index (χ1v) is 11.5. The molecule has 26 heavy (non-hydrogen) atoms. The van der Waals surface area contributed by atoms with Crippen LogP contribution in [0.15, 0.2) is 36.0 Å². The van der Waals surface area contributed by atoms with Crippen LogP contribution in [0.2, 0.25) is 0 Å². The lowest BCUT2D eigenvalue weighted by molar-refractivity contribution is -0.164. The van der Waals surface area contributed by atoms with Crippen molar-refractivity contribution in [3.05, 3.63) is 36.0 Å². The number of ether oxygens (including phenoxy) is 1. The molecule has 0 aromatic heterocycles. The third-order valence-corrected chi connectivity index (χ3v) is 9.92. The van der Waals surface area contributed by atoms with Gasteiger partial charge in [-0.3, -0.25) is 4.79 Å². The molecule has 8 atom stereocenters. The second-order valence-electron chi connectivity index (χ2n) is 9.26. The minimum Gasteiger partial charge on any atom is -0.451 e. The highest BCUT2D eigenvalue weighted by molar-refractivity contribution is 14.1. The lowest BCUT2D eigenvalue weighted by atomic mass is 9.50. The summed E-state index contributed by atoms with van der Waals surface area (Å²) in [6.45, 7) is 0. The molecule has 0 radical (unpaired) electrons. The molecule has 0 bridgehead atoms. The Balaban J connectivity index is 1.44. The summed E-state index contributed by atoms with van der Waals surface area (Å²) in [7, 11) is 0. The van der Waals surface area contributed by atoms with Crippen molar-refractivity contribution < 1.29 is 14.3 Å². The Morgan fingerprint density at radius 2 is 2.08 bits per heavy atom. The van der Waals surface area contributed by atoms with Crippen molar-refractivity contribution in [1.29, 1.82) is 0 Å². The second kappa shape index (κ2) is 5.12. The summed E-state index contributed by atoms with van der Waals surface area (Å²) in [6.07, 6.45) is 15.7. The Kier molecular flexibility index (Phi) is 3.17. The lowest BCUT2D eigenvalue weighted by Crippen LogP contribution is -2.56. The molecule has 0 N–H and O–H groups in total. The summed E-state index contributed by atoms with van der Waals surface area (Å²) >= 11 is 2.55. The van der Waals surface area contributed by atoms with Crippen molar-refractivity contribution in [1.82, 2.24) is 0 Å². The lowest BCUT2D eigenvalue weighted by Gasteiger charge is -2.56. The van der Waals surface area contributed by atoms with Crippen molar-refractivity contribution in [3.8, 4) is 0 Å². The van der Waals surface area contributed by atoms with E-state index in [4.69, 9.17) is 4.74 Å². The van der Waals surface area contributed by atoms with Gasteiger partial charge in [-0.05, 0) is 73.0 Å². The van der Waals surface area contributed by atoms with Crippen LogP contribution in [0.4, 0.5) is 0 Å². The van der Waals surface area contributed by atoms with Gasteiger partial charge in [0.15, 0.2) is 5.78 Å². The van der Waals surface area contributed by atoms with E-state index in [-0.39, 0.29) is 17.0 Å². The van der Waals surface area contributed by atoms with Gasteiger partial charge in [0, 0.05) is 28.3 Å². The largest absolute Gasteiger partial charge is 0.451 e. The fraction of sp³-hybridized carbons (Fsp3) is 0.636. The first-order valence-electron chi connectivity index (χ1n) is 10.0. The summed E-state index contributed by atoms with van der Waals surface area (Å²) in [5.74, 6) is 3.81. The molecule has 1 aliphatic heterocycles. The molecule has 6 rings (SSSR count). The first kappa shape index (κ1) is 16.1. The van der Waals surface area contributed by atoms with E-state index >= 15 is 0 Å². The monoisotopic (exact) mass is 462 g/mol. The number of fused-ring (bicyclic) bond motifs is 9. The van der Waals surface area contributed by atoms with Gasteiger partial charge in [0.1, 0.15) is 5.60 Å². The molecular weight excluding hydrogens is 439 g/mol. The van der Waals surface area contributed by atoms with Crippen LogP contribution in [0.25, 0.3) is 0 Å². The van der Waals surface area contributed by atoms with Crippen molar-refractivity contribution >= 4 is 34.3 Å². The average Bonchev–Trinajstić information content (AvgIpc) is 3.29. The SMILES string of the molecule is O=C1C=C2C=CC3C(CCC4(CI)C3C3CC3C43C=CC(=O)O3)C2CC1. The number of carbonyl (C=O) groups is 2. The zero-order valence-electron chi connectivity index (χ0n) is 14.7. The Labute approximate surface area is 167 Å². The number of hydrogen-bond acceptors (Lipinski definition) is 3. The predicted octanol–water partition coefficient (Wildman–Crippen LogP) is 4.03. The van der Waals surface area contributed by atoms with Gasteiger partial charge in [-0.2, -0.15) is 0 Å². The maximum absolute atomic E-state index is 12.0. The molecular formula is C22H23IO3. The summed E-state index contributed by atoms with van der Waals surface area (Å²) in [5.41, 5.74) is 1.04. The highest BCUT2D eigenvalue weighted by Gasteiger charge is 2.78. The number of rotatable bonds is 1. The minimum absolute atomic E-state index is 0.0982.